The van der Waals surface area contributed by atoms with Crippen molar-refractivity contribution in [1.82, 2.24) is 10.3 Å². The van der Waals surface area contributed by atoms with Gasteiger partial charge in [-0.05, 0) is 47.2 Å². The molecule has 3 N–H and O–H groups in total. The maximum atomic E-state index is 12.4. The molecular formula is C25H21N3O5. The van der Waals surface area contributed by atoms with Crippen LogP contribution >= 0.6 is 0 Å². The lowest BCUT2D eigenvalue weighted by molar-refractivity contribution is -0.140. The van der Waals surface area contributed by atoms with E-state index in [0.717, 1.165) is 22.3 Å². The van der Waals surface area contributed by atoms with Crippen LogP contribution in [0, 0.1) is 0 Å². The number of aliphatic carboxylic acids is 1. The van der Waals surface area contributed by atoms with Gasteiger partial charge in [0.15, 0.2) is 0 Å². The normalized spacial score (nSPS) is 15.2. The number of carboxylic acids is 1. The van der Waals surface area contributed by atoms with Gasteiger partial charge in [-0.1, -0.05) is 48.5 Å². The van der Waals surface area contributed by atoms with E-state index >= 15 is 0 Å². The van der Waals surface area contributed by atoms with Crippen molar-refractivity contribution in [3.05, 3.63) is 83.7 Å². The van der Waals surface area contributed by atoms with Gasteiger partial charge in [0.05, 0.1) is 11.9 Å². The Balaban J connectivity index is 1.20. The van der Waals surface area contributed by atoms with E-state index in [-0.39, 0.29) is 18.2 Å². The smallest absolute Gasteiger partial charge is 0.411 e. The van der Waals surface area contributed by atoms with Crippen molar-refractivity contribution in [2.45, 2.75) is 24.3 Å². The van der Waals surface area contributed by atoms with E-state index in [2.05, 4.69) is 27.8 Å². The molecule has 0 spiro atoms. The lowest BCUT2D eigenvalue weighted by atomic mass is 9.98. The van der Waals surface area contributed by atoms with Crippen LogP contribution in [0.1, 0.15) is 40.4 Å². The van der Waals surface area contributed by atoms with Gasteiger partial charge in [-0.2, -0.15) is 0 Å². The number of rotatable bonds is 6. The molecule has 8 heteroatoms. The highest BCUT2D eigenvalue weighted by molar-refractivity contribution is 5.98. The molecule has 1 fully saturated rings. The van der Waals surface area contributed by atoms with E-state index in [4.69, 9.17) is 4.74 Å². The lowest BCUT2D eigenvalue weighted by Gasteiger charge is -2.15. The maximum Gasteiger partial charge on any atom is 0.411 e. The molecule has 1 aromatic heterocycles. The van der Waals surface area contributed by atoms with Crippen molar-refractivity contribution in [3.8, 4) is 11.1 Å². The zero-order valence-corrected chi connectivity index (χ0v) is 17.6. The highest BCUT2D eigenvalue weighted by Gasteiger charge is 2.51. The number of hydrogen-bond acceptors (Lipinski definition) is 5. The predicted molar refractivity (Wildman–Crippen MR) is 120 cm³/mol. The molecule has 8 nitrogen and oxygen atoms in total. The molecule has 2 amide bonds. The average Bonchev–Trinajstić information content (AvgIpc) is 3.54. The standard InChI is InChI=1S/C25H21N3O5/c29-22(28-25(11-12-25)23(30)31)21-10-9-15(13-26-21)27-24(32)33-14-20-18-7-3-1-5-16(18)17-6-2-4-8-19(17)20/h1-10,13,20H,11-12,14H2,(H,27,32)(H,28,29)(H,30,31). The molecular weight excluding hydrogens is 422 g/mol. The van der Waals surface area contributed by atoms with E-state index in [1.165, 1.54) is 18.3 Å². The minimum absolute atomic E-state index is 0.0451. The van der Waals surface area contributed by atoms with E-state index in [1.54, 1.807) is 0 Å². The first-order valence-electron chi connectivity index (χ1n) is 10.6. The summed E-state index contributed by atoms with van der Waals surface area (Å²) in [4.78, 5) is 39.9. The van der Waals surface area contributed by atoms with Crippen LogP contribution in [0.4, 0.5) is 10.5 Å². The zero-order valence-electron chi connectivity index (χ0n) is 17.6. The molecule has 0 saturated heterocycles. The Morgan fingerprint density at radius 1 is 0.970 bits per heavy atom. The molecule has 2 aliphatic carbocycles. The first-order valence-corrected chi connectivity index (χ1v) is 10.6. The number of carboxylic acid groups (broad SMARTS) is 1. The zero-order chi connectivity index (χ0) is 23.0. The molecule has 0 atom stereocenters. The number of anilines is 1. The Bertz CT molecular complexity index is 1210. The van der Waals surface area contributed by atoms with Gasteiger partial charge in [0, 0.05) is 5.92 Å². The number of aromatic nitrogens is 1. The van der Waals surface area contributed by atoms with Crippen LogP contribution in [0.5, 0.6) is 0 Å². The third-order valence-corrected chi connectivity index (χ3v) is 6.10. The van der Waals surface area contributed by atoms with Crippen molar-refractivity contribution in [1.29, 1.82) is 0 Å². The Morgan fingerprint density at radius 2 is 1.61 bits per heavy atom. The minimum atomic E-state index is -1.18. The number of benzene rings is 2. The van der Waals surface area contributed by atoms with Crippen LogP contribution in [0.2, 0.25) is 0 Å². The van der Waals surface area contributed by atoms with Gasteiger partial charge in [0.25, 0.3) is 5.91 Å². The van der Waals surface area contributed by atoms with Crippen molar-refractivity contribution in [2.24, 2.45) is 0 Å². The summed E-state index contributed by atoms with van der Waals surface area (Å²) in [7, 11) is 0. The number of hydrogen-bond donors (Lipinski definition) is 3. The molecule has 5 rings (SSSR count). The van der Waals surface area contributed by atoms with E-state index in [9.17, 15) is 19.5 Å². The van der Waals surface area contributed by atoms with E-state index in [0.29, 0.717) is 18.5 Å². The largest absolute Gasteiger partial charge is 0.480 e. The van der Waals surface area contributed by atoms with Crippen LogP contribution in [0.3, 0.4) is 0 Å². The van der Waals surface area contributed by atoms with Crippen LogP contribution in [-0.2, 0) is 9.53 Å². The highest BCUT2D eigenvalue weighted by atomic mass is 16.5. The Hall–Kier alpha value is -4.20. The summed E-state index contributed by atoms with van der Waals surface area (Å²) in [6, 6.07) is 19.1. The average molecular weight is 443 g/mol. The molecule has 1 heterocycles. The third kappa shape index (κ3) is 3.91. The Kier molecular flexibility index (Phi) is 5.05. The number of fused-ring (bicyclic) bond motifs is 3. The molecule has 2 aromatic carbocycles. The van der Waals surface area contributed by atoms with Crippen LogP contribution in [0.25, 0.3) is 11.1 Å². The number of nitrogens with one attached hydrogen (secondary N) is 2. The Morgan fingerprint density at radius 3 is 2.15 bits per heavy atom. The highest BCUT2D eigenvalue weighted by Crippen LogP contribution is 2.44. The van der Waals surface area contributed by atoms with Gasteiger partial charge in [-0.15, -0.1) is 0 Å². The monoisotopic (exact) mass is 443 g/mol. The van der Waals surface area contributed by atoms with Gasteiger partial charge >= 0.3 is 12.1 Å². The predicted octanol–water partition coefficient (Wildman–Crippen LogP) is 3.79. The summed E-state index contributed by atoms with van der Waals surface area (Å²) in [5, 5.41) is 14.3. The molecule has 0 aliphatic heterocycles. The number of ether oxygens (including phenoxy) is 1. The SMILES string of the molecule is O=C(Nc1ccc(C(=O)NC2(C(=O)O)CC2)nc1)OCC1c2ccccc2-c2ccccc21. The number of nitrogens with zero attached hydrogens (tertiary/aromatic N) is 1. The number of amides is 2. The summed E-state index contributed by atoms with van der Waals surface area (Å²) in [5.41, 5.74) is 3.80. The first kappa shape index (κ1) is 20.7. The fourth-order valence-electron chi connectivity index (χ4n) is 4.15. The molecule has 0 unspecified atom stereocenters. The van der Waals surface area contributed by atoms with Crippen molar-refractivity contribution >= 4 is 23.7 Å². The lowest BCUT2D eigenvalue weighted by Crippen LogP contribution is -2.43. The fourth-order valence-corrected chi connectivity index (χ4v) is 4.15. The topological polar surface area (TPSA) is 118 Å². The molecule has 1 saturated carbocycles. The second-order valence-electron chi connectivity index (χ2n) is 8.22. The number of carbonyl (C=O) groups excluding carboxylic acids is 2. The van der Waals surface area contributed by atoms with Crippen molar-refractivity contribution < 1.29 is 24.2 Å². The fraction of sp³-hybridized carbons (Fsp3) is 0.200. The summed E-state index contributed by atoms with van der Waals surface area (Å²) >= 11 is 0. The molecule has 2 aliphatic rings. The number of carbonyl (C=O) groups is 3. The van der Waals surface area contributed by atoms with Crippen molar-refractivity contribution in [3.63, 3.8) is 0 Å². The van der Waals surface area contributed by atoms with E-state index < -0.39 is 23.5 Å². The van der Waals surface area contributed by atoms with E-state index in [1.807, 2.05) is 36.4 Å². The van der Waals surface area contributed by atoms with Crippen LogP contribution in [0.15, 0.2) is 66.9 Å². The van der Waals surface area contributed by atoms with Crippen LogP contribution < -0.4 is 10.6 Å². The maximum absolute atomic E-state index is 12.4. The molecule has 0 radical (unpaired) electrons. The minimum Gasteiger partial charge on any atom is -0.480 e. The van der Waals surface area contributed by atoms with Crippen LogP contribution in [-0.4, -0.2) is 40.2 Å². The second-order valence-corrected chi connectivity index (χ2v) is 8.22. The van der Waals surface area contributed by atoms with Gasteiger partial charge in [-0.25, -0.2) is 14.6 Å². The molecule has 33 heavy (non-hydrogen) atoms. The third-order valence-electron chi connectivity index (χ3n) is 6.10. The van der Waals surface area contributed by atoms with Gasteiger partial charge in [0.2, 0.25) is 0 Å². The Labute approximate surface area is 189 Å². The summed E-state index contributed by atoms with van der Waals surface area (Å²) in [5.74, 6) is -1.66. The van der Waals surface area contributed by atoms with Gasteiger partial charge < -0.3 is 15.2 Å². The molecule has 3 aromatic rings. The molecule has 166 valence electrons. The molecule has 0 bridgehead atoms. The van der Waals surface area contributed by atoms with Gasteiger partial charge in [-0.3, -0.25) is 10.1 Å². The summed E-state index contributed by atoms with van der Waals surface area (Å²) in [6.45, 7) is 0.186. The number of pyridine rings is 1. The van der Waals surface area contributed by atoms with Gasteiger partial charge in [0.1, 0.15) is 17.8 Å². The first-order chi connectivity index (χ1) is 16.0. The summed E-state index contributed by atoms with van der Waals surface area (Å²) in [6.07, 6.45) is 1.50. The quantitative estimate of drug-likeness (QED) is 0.534. The van der Waals surface area contributed by atoms with Crippen molar-refractivity contribution in [2.75, 3.05) is 11.9 Å². The summed E-state index contributed by atoms with van der Waals surface area (Å²) < 4.78 is 5.50. The second kappa shape index (κ2) is 8.05.